The molecule has 0 aromatic carbocycles. The quantitative estimate of drug-likeness (QED) is 0.536. The predicted octanol–water partition coefficient (Wildman–Crippen LogP) is 1.38. The van der Waals surface area contributed by atoms with E-state index in [1.165, 1.54) is 25.7 Å². The van der Waals surface area contributed by atoms with Crippen molar-refractivity contribution in [3.05, 3.63) is 0 Å². The van der Waals surface area contributed by atoms with E-state index >= 15 is 0 Å². The lowest BCUT2D eigenvalue weighted by Gasteiger charge is -2.29. The molecule has 2 N–H and O–H groups in total. The van der Waals surface area contributed by atoms with Gasteiger partial charge in [-0.3, -0.25) is 0 Å². The molecule has 10 heavy (non-hydrogen) atoms. The monoisotopic (exact) mass is 137 g/mol. The summed E-state index contributed by atoms with van der Waals surface area (Å²) in [6.07, 6.45) is 5.94. The molecular weight excluding hydrogens is 122 g/mol. The van der Waals surface area contributed by atoms with Gasteiger partial charge in [-0.15, -0.1) is 0 Å². The van der Waals surface area contributed by atoms with Gasteiger partial charge in [-0.25, -0.2) is 0 Å². The van der Waals surface area contributed by atoms with Gasteiger partial charge >= 0.3 is 0 Å². The molecule has 4 aliphatic carbocycles. The van der Waals surface area contributed by atoms with E-state index in [9.17, 15) is 0 Å². The minimum atomic E-state index is 0.601. The molecule has 1 heteroatoms. The first-order valence-corrected chi connectivity index (χ1v) is 4.60. The van der Waals surface area contributed by atoms with E-state index in [1.54, 1.807) is 0 Å². The summed E-state index contributed by atoms with van der Waals surface area (Å²) in [6, 6.07) is 0.601. The largest absolute Gasteiger partial charge is 0.327 e. The highest BCUT2D eigenvalue weighted by molar-refractivity contribution is 5.04. The smallest absolute Gasteiger partial charge is 0.00985 e. The van der Waals surface area contributed by atoms with Crippen molar-refractivity contribution in [3.8, 4) is 0 Å². The fourth-order valence-electron chi connectivity index (χ4n) is 3.79. The third-order valence-electron chi connectivity index (χ3n) is 4.13. The molecule has 0 radical (unpaired) electrons. The first kappa shape index (κ1) is 5.59. The fourth-order valence-corrected chi connectivity index (χ4v) is 3.79. The topological polar surface area (TPSA) is 26.0 Å². The summed E-state index contributed by atoms with van der Waals surface area (Å²) in [5.74, 6) is 4.03. The first-order valence-electron chi connectivity index (χ1n) is 4.60. The van der Waals surface area contributed by atoms with Gasteiger partial charge in [0, 0.05) is 6.04 Å². The number of nitrogens with two attached hydrogens (primary N) is 1. The molecule has 56 valence electrons. The molecular formula is C9H15N. The van der Waals surface area contributed by atoms with Crippen LogP contribution in [-0.4, -0.2) is 6.04 Å². The fraction of sp³-hybridized carbons (Fsp3) is 1.00. The van der Waals surface area contributed by atoms with Crippen LogP contribution in [0, 0.1) is 23.7 Å². The average Bonchev–Trinajstić information content (AvgIpc) is 2.31. The highest BCUT2D eigenvalue weighted by Crippen LogP contribution is 2.57. The Kier molecular flexibility index (Phi) is 0.883. The molecule has 0 saturated heterocycles. The summed E-state index contributed by atoms with van der Waals surface area (Å²) < 4.78 is 0. The van der Waals surface area contributed by atoms with Gasteiger partial charge in [-0.2, -0.15) is 0 Å². The Morgan fingerprint density at radius 2 is 1.70 bits per heavy atom. The molecule has 0 amide bonds. The van der Waals surface area contributed by atoms with Crippen LogP contribution in [-0.2, 0) is 0 Å². The van der Waals surface area contributed by atoms with Crippen LogP contribution in [0.25, 0.3) is 0 Å². The molecule has 5 atom stereocenters. The molecule has 0 heterocycles. The number of rotatable bonds is 0. The van der Waals surface area contributed by atoms with E-state index in [1.807, 2.05) is 0 Å². The van der Waals surface area contributed by atoms with Crippen LogP contribution in [0.4, 0.5) is 0 Å². The molecule has 4 bridgehead atoms. The van der Waals surface area contributed by atoms with Gasteiger partial charge in [0.1, 0.15) is 0 Å². The van der Waals surface area contributed by atoms with E-state index in [0.717, 1.165) is 23.7 Å². The van der Waals surface area contributed by atoms with Crippen molar-refractivity contribution in [1.29, 1.82) is 0 Å². The lowest BCUT2D eigenvalue weighted by molar-refractivity contribution is 0.250. The van der Waals surface area contributed by atoms with E-state index in [4.69, 9.17) is 5.73 Å². The number of hydrogen-bond acceptors (Lipinski definition) is 1. The molecule has 4 rings (SSSR count). The summed E-state index contributed by atoms with van der Waals surface area (Å²) in [4.78, 5) is 0. The zero-order valence-electron chi connectivity index (χ0n) is 6.29. The summed E-state index contributed by atoms with van der Waals surface area (Å²) in [7, 11) is 0. The van der Waals surface area contributed by atoms with Crippen molar-refractivity contribution in [3.63, 3.8) is 0 Å². The van der Waals surface area contributed by atoms with Crippen LogP contribution in [0.1, 0.15) is 25.7 Å². The second kappa shape index (κ2) is 1.58. The van der Waals surface area contributed by atoms with Gasteiger partial charge in [0.05, 0.1) is 0 Å². The molecule has 0 aromatic rings. The maximum Gasteiger partial charge on any atom is 0.00985 e. The maximum absolute atomic E-state index is 6.10. The van der Waals surface area contributed by atoms with Gasteiger partial charge in [0.15, 0.2) is 0 Å². The van der Waals surface area contributed by atoms with Crippen LogP contribution >= 0.6 is 0 Å². The normalized spacial score (nSPS) is 63.9. The summed E-state index contributed by atoms with van der Waals surface area (Å²) in [5, 5.41) is 0. The number of hydrogen-bond donors (Lipinski definition) is 1. The first-order chi connectivity index (χ1) is 4.84. The summed E-state index contributed by atoms with van der Waals surface area (Å²) >= 11 is 0. The molecule has 4 aliphatic rings. The van der Waals surface area contributed by atoms with Crippen molar-refractivity contribution in [1.82, 2.24) is 0 Å². The highest BCUT2D eigenvalue weighted by Gasteiger charge is 2.52. The van der Waals surface area contributed by atoms with E-state index in [2.05, 4.69) is 0 Å². The third-order valence-corrected chi connectivity index (χ3v) is 4.13. The second-order valence-corrected chi connectivity index (χ2v) is 4.57. The molecule has 0 aliphatic heterocycles. The average molecular weight is 137 g/mol. The second-order valence-electron chi connectivity index (χ2n) is 4.57. The van der Waals surface area contributed by atoms with E-state index in [0.29, 0.717) is 6.04 Å². The van der Waals surface area contributed by atoms with Crippen molar-refractivity contribution in [2.75, 3.05) is 0 Å². The summed E-state index contributed by atoms with van der Waals surface area (Å²) in [5.41, 5.74) is 6.10. The lowest BCUT2D eigenvalue weighted by atomic mass is 9.80. The minimum Gasteiger partial charge on any atom is -0.327 e. The molecule has 4 saturated carbocycles. The van der Waals surface area contributed by atoms with Gasteiger partial charge in [-0.05, 0) is 49.4 Å². The van der Waals surface area contributed by atoms with Gasteiger partial charge in [0.2, 0.25) is 0 Å². The lowest BCUT2D eigenvalue weighted by Crippen LogP contribution is -2.35. The van der Waals surface area contributed by atoms with Crippen LogP contribution < -0.4 is 5.73 Å². The summed E-state index contributed by atoms with van der Waals surface area (Å²) in [6.45, 7) is 0. The zero-order valence-corrected chi connectivity index (χ0v) is 6.29. The van der Waals surface area contributed by atoms with Gasteiger partial charge < -0.3 is 5.73 Å². The molecule has 4 fully saturated rings. The standard InChI is InChI=1S/C9H15N/c10-9-7-2-5-1-6(4-7)8(9)3-5/h5-9H,1-4,10H2/t5-,6?,7-,8+,9-/m1/s1. The third kappa shape index (κ3) is 0.493. The van der Waals surface area contributed by atoms with Crippen molar-refractivity contribution in [2.45, 2.75) is 31.7 Å². The Morgan fingerprint density at radius 1 is 0.900 bits per heavy atom. The SMILES string of the molecule is N[C@@H]1[C@H]2CC3C[C@H](C2)C[C@@H]31. The van der Waals surface area contributed by atoms with Gasteiger partial charge in [-0.1, -0.05) is 0 Å². The Balaban J connectivity index is 1.99. The van der Waals surface area contributed by atoms with Crippen LogP contribution in [0.3, 0.4) is 0 Å². The minimum absolute atomic E-state index is 0.601. The van der Waals surface area contributed by atoms with Gasteiger partial charge in [0.25, 0.3) is 0 Å². The van der Waals surface area contributed by atoms with Crippen LogP contribution in [0.15, 0.2) is 0 Å². The Morgan fingerprint density at radius 3 is 2.40 bits per heavy atom. The highest BCUT2D eigenvalue weighted by atomic mass is 14.8. The van der Waals surface area contributed by atoms with Crippen LogP contribution in [0.2, 0.25) is 0 Å². The molecule has 0 aromatic heterocycles. The van der Waals surface area contributed by atoms with Crippen LogP contribution in [0.5, 0.6) is 0 Å². The Hall–Kier alpha value is -0.0400. The Bertz CT molecular complexity index is 160. The predicted molar refractivity (Wildman–Crippen MR) is 40.4 cm³/mol. The molecule has 1 nitrogen and oxygen atoms in total. The molecule has 0 spiro atoms. The van der Waals surface area contributed by atoms with Crippen molar-refractivity contribution >= 4 is 0 Å². The van der Waals surface area contributed by atoms with E-state index in [-0.39, 0.29) is 0 Å². The molecule has 1 unspecified atom stereocenters. The van der Waals surface area contributed by atoms with Crippen molar-refractivity contribution < 1.29 is 0 Å². The zero-order chi connectivity index (χ0) is 6.72. The van der Waals surface area contributed by atoms with Crippen molar-refractivity contribution in [2.24, 2.45) is 29.4 Å². The maximum atomic E-state index is 6.10. The Labute approximate surface area is 62.0 Å². The van der Waals surface area contributed by atoms with E-state index < -0.39 is 0 Å².